The molecule has 2 aromatic carbocycles. The minimum Gasteiger partial charge on any atom is -0.389 e. The highest BCUT2D eigenvalue weighted by Gasteiger charge is 2.15. The number of fused-ring (bicyclic) bond motifs is 2. The standard InChI is InChI=1S/C28H25N5/c1-5-19(13-18(3)29-4)21-14-24-27(32-33-28(24)30-16-21)26-15-23-22(10-7-11-25(23)31-26)20-9-6-8-17(2)12-20/h5-16,29,31H,1,3H2,2,4H3,(H,30,32,33)/b19-13+. The molecule has 0 unspecified atom stereocenters. The molecule has 0 atom stereocenters. The molecule has 0 fully saturated rings. The predicted octanol–water partition coefficient (Wildman–Crippen LogP) is 6.38. The van der Waals surface area contributed by atoms with E-state index in [4.69, 9.17) is 0 Å². The molecule has 3 heterocycles. The van der Waals surface area contributed by atoms with Crippen LogP contribution in [0.4, 0.5) is 0 Å². The van der Waals surface area contributed by atoms with Gasteiger partial charge in [0.25, 0.3) is 0 Å². The Bertz CT molecular complexity index is 1550. The highest BCUT2D eigenvalue weighted by atomic mass is 15.2. The Hall–Kier alpha value is -4.38. The predicted molar refractivity (Wildman–Crippen MR) is 138 cm³/mol. The van der Waals surface area contributed by atoms with Gasteiger partial charge in [-0.3, -0.25) is 5.10 Å². The number of allylic oxidation sites excluding steroid dienone is 3. The Kier molecular flexibility index (Phi) is 5.15. The average molecular weight is 432 g/mol. The van der Waals surface area contributed by atoms with Crippen LogP contribution >= 0.6 is 0 Å². The number of rotatable bonds is 6. The van der Waals surface area contributed by atoms with Crippen molar-refractivity contribution < 1.29 is 0 Å². The zero-order valence-corrected chi connectivity index (χ0v) is 18.7. The van der Waals surface area contributed by atoms with Gasteiger partial charge < -0.3 is 10.3 Å². The maximum absolute atomic E-state index is 4.56. The zero-order chi connectivity index (χ0) is 22.9. The van der Waals surface area contributed by atoms with Crippen LogP contribution in [-0.4, -0.2) is 27.2 Å². The van der Waals surface area contributed by atoms with Crippen molar-refractivity contribution in [1.29, 1.82) is 0 Å². The number of nitrogens with one attached hydrogen (secondary N) is 3. The van der Waals surface area contributed by atoms with Gasteiger partial charge in [0.15, 0.2) is 5.65 Å². The normalized spacial score (nSPS) is 11.8. The fraction of sp³-hybridized carbons (Fsp3) is 0.0714. The maximum atomic E-state index is 4.56. The maximum Gasteiger partial charge on any atom is 0.181 e. The number of hydrogen-bond acceptors (Lipinski definition) is 3. The minimum atomic E-state index is 0.669. The summed E-state index contributed by atoms with van der Waals surface area (Å²) >= 11 is 0. The summed E-state index contributed by atoms with van der Waals surface area (Å²) in [6.45, 7) is 10.1. The lowest BCUT2D eigenvalue weighted by atomic mass is 10.00. The monoisotopic (exact) mass is 431 g/mol. The van der Waals surface area contributed by atoms with E-state index in [0.717, 1.165) is 39.1 Å². The fourth-order valence-corrected chi connectivity index (χ4v) is 4.14. The van der Waals surface area contributed by atoms with Crippen LogP contribution in [0.2, 0.25) is 0 Å². The van der Waals surface area contributed by atoms with Gasteiger partial charge in [-0.2, -0.15) is 5.10 Å². The quantitative estimate of drug-likeness (QED) is 0.273. The molecule has 0 spiro atoms. The lowest BCUT2D eigenvalue weighted by Gasteiger charge is -2.05. The number of nitrogens with zero attached hydrogens (tertiary/aromatic N) is 2. The summed E-state index contributed by atoms with van der Waals surface area (Å²) < 4.78 is 0. The van der Waals surface area contributed by atoms with Gasteiger partial charge in [0.05, 0.1) is 11.4 Å². The van der Waals surface area contributed by atoms with Gasteiger partial charge in [-0.25, -0.2) is 4.98 Å². The Balaban J connectivity index is 1.64. The van der Waals surface area contributed by atoms with E-state index in [-0.39, 0.29) is 0 Å². The fourth-order valence-electron chi connectivity index (χ4n) is 4.14. The second kappa shape index (κ2) is 8.28. The van der Waals surface area contributed by atoms with E-state index in [1.54, 1.807) is 0 Å². The molecule has 0 saturated carbocycles. The summed E-state index contributed by atoms with van der Waals surface area (Å²) in [4.78, 5) is 8.12. The number of aromatic nitrogens is 4. The first kappa shape index (κ1) is 20.5. The van der Waals surface area contributed by atoms with Crippen LogP contribution in [0, 0.1) is 6.92 Å². The lowest BCUT2D eigenvalue weighted by molar-refractivity contribution is 1.04. The van der Waals surface area contributed by atoms with E-state index in [1.165, 1.54) is 22.1 Å². The molecule has 0 bridgehead atoms. The Labute approximate surface area is 192 Å². The van der Waals surface area contributed by atoms with Crippen molar-refractivity contribution in [3.63, 3.8) is 0 Å². The molecular weight excluding hydrogens is 406 g/mol. The summed E-state index contributed by atoms with van der Waals surface area (Å²) in [6, 6.07) is 19.2. The molecule has 0 radical (unpaired) electrons. The van der Waals surface area contributed by atoms with Crippen LogP contribution < -0.4 is 5.32 Å². The Morgan fingerprint density at radius 1 is 1.06 bits per heavy atom. The first-order valence-electron chi connectivity index (χ1n) is 10.8. The molecule has 3 aromatic heterocycles. The smallest absolute Gasteiger partial charge is 0.181 e. The van der Waals surface area contributed by atoms with Crippen molar-refractivity contribution in [2.45, 2.75) is 6.92 Å². The van der Waals surface area contributed by atoms with Crippen LogP contribution in [-0.2, 0) is 0 Å². The first-order valence-corrected chi connectivity index (χ1v) is 10.8. The third-order valence-corrected chi connectivity index (χ3v) is 5.88. The van der Waals surface area contributed by atoms with E-state index in [2.05, 4.69) is 100 Å². The average Bonchev–Trinajstić information content (AvgIpc) is 3.45. The second-order valence-electron chi connectivity index (χ2n) is 8.09. The number of benzene rings is 2. The molecule has 3 N–H and O–H groups in total. The van der Waals surface area contributed by atoms with E-state index in [0.29, 0.717) is 5.65 Å². The largest absolute Gasteiger partial charge is 0.389 e. The molecule has 5 nitrogen and oxygen atoms in total. The number of likely N-dealkylation sites (N-methyl/N-ethyl adjacent to an activating group) is 1. The van der Waals surface area contributed by atoms with Crippen molar-refractivity contribution >= 4 is 27.5 Å². The molecule has 5 heteroatoms. The molecule has 0 amide bonds. The highest BCUT2D eigenvalue weighted by Crippen LogP contribution is 2.34. The van der Waals surface area contributed by atoms with Crippen LogP contribution in [0.5, 0.6) is 0 Å². The lowest BCUT2D eigenvalue weighted by Crippen LogP contribution is -2.01. The van der Waals surface area contributed by atoms with E-state index in [1.807, 2.05) is 25.4 Å². The summed E-state index contributed by atoms with van der Waals surface area (Å²) in [5, 5.41) is 12.8. The SMILES string of the molecule is C=C/C(=C\C(=C)NC)c1cnc2n[nH]c(-c3cc4c(-c5cccc(C)c5)cccc4[nH]3)c2c1. The molecule has 5 rings (SSSR count). The van der Waals surface area contributed by atoms with Crippen molar-refractivity contribution in [2.75, 3.05) is 7.05 Å². The van der Waals surface area contributed by atoms with Crippen LogP contribution in [0.3, 0.4) is 0 Å². The molecule has 0 aliphatic carbocycles. The van der Waals surface area contributed by atoms with Gasteiger partial charge in [0.1, 0.15) is 0 Å². The topological polar surface area (TPSA) is 69.4 Å². The molecule has 162 valence electrons. The van der Waals surface area contributed by atoms with Crippen LogP contribution in [0.15, 0.2) is 91.8 Å². The highest BCUT2D eigenvalue weighted by molar-refractivity contribution is 6.01. The van der Waals surface area contributed by atoms with Crippen molar-refractivity contribution in [3.05, 3.63) is 103 Å². The molecule has 0 saturated heterocycles. The number of hydrogen-bond donors (Lipinski definition) is 3. The molecule has 0 aliphatic rings. The first-order chi connectivity index (χ1) is 16.1. The van der Waals surface area contributed by atoms with Gasteiger partial charge in [0.2, 0.25) is 0 Å². The van der Waals surface area contributed by atoms with Crippen molar-refractivity contribution in [1.82, 2.24) is 25.5 Å². The second-order valence-corrected chi connectivity index (χ2v) is 8.09. The number of aromatic amines is 2. The number of pyridine rings is 1. The van der Waals surface area contributed by atoms with Gasteiger partial charge in [-0.15, -0.1) is 0 Å². The minimum absolute atomic E-state index is 0.669. The zero-order valence-electron chi connectivity index (χ0n) is 18.7. The molecule has 33 heavy (non-hydrogen) atoms. The van der Waals surface area contributed by atoms with E-state index >= 15 is 0 Å². The Morgan fingerprint density at radius 2 is 1.91 bits per heavy atom. The van der Waals surface area contributed by atoms with Crippen LogP contribution in [0.25, 0.3) is 50.0 Å². The molecule has 5 aromatic rings. The summed E-state index contributed by atoms with van der Waals surface area (Å²) in [7, 11) is 1.84. The van der Waals surface area contributed by atoms with Gasteiger partial charge >= 0.3 is 0 Å². The molecule has 0 aliphatic heterocycles. The van der Waals surface area contributed by atoms with Gasteiger partial charge in [-0.05, 0) is 47.9 Å². The van der Waals surface area contributed by atoms with Crippen molar-refractivity contribution in [2.24, 2.45) is 0 Å². The number of H-pyrrole nitrogens is 2. The van der Waals surface area contributed by atoms with Gasteiger partial charge in [0, 0.05) is 40.8 Å². The third-order valence-electron chi connectivity index (χ3n) is 5.88. The third kappa shape index (κ3) is 3.74. The van der Waals surface area contributed by atoms with E-state index in [9.17, 15) is 0 Å². The summed E-state index contributed by atoms with van der Waals surface area (Å²) in [5.41, 5.74) is 9.95. The summed E-state index contributed by atoms with van der Waals surface area (Å²) in [5.74, 6) is 0. The van der Waals surface area contributed by atoms with Crippen LogP contribution in [0.1, 0.15) is 11.1 Å². The molecular formula is C28H25N5. The summed E-state index contributed by atoms with van der Waals surface area (Å²) in [6.07, 6.45) is 5.57. The van der Waals surface area contributed by atoms with Crippen molar-refractivity contribution in [3.8, 4) is 22.5 Å². The Morgan fingerprint density at radius 3 is 2.70 bits per heavy atom. The van der Waals surface area contributed by atoms with E-state index < -0.39 is 0 Å². The number of aryl methyl sites for hydroxylation is 1. The van der Waals surface area contributed by atoms with Gasteiger partial charge in [-0.1, -0.05) is 61.2 Å².